The molecule has 0 fully saturated rings. The van der Waals surface area contributed by atoms with E-state index >= 15 is 0 Å². The van der Waals surface area contributed by atoms with Crippen molar-refractivity contribution in [1.82, 2.24) is 0 Å². The van der Waals surface area contributed by atoms with Gasteiger partial charge >= 0.3 is 0 Å². The van der Waals surface area contributed by atoms with Crippen LogP contribution in [0.2, 0.25) is 0 Å². The van der Waals surface area contributed by atoms with E-state index in [1.807, 2.05) is 0 Å². The Balaban J connectivity index is 1.89. The van der Waals surface area contributed by atoms with Crippen LogP contribution in [0.5, 0.6) is 0 Å². The highest BCUT2D eigenvalue weighted by molar-refractivity contribution is 7.63. The molecule has 0 saturated heterocycles. The lowest BCUT2D eigenvalue weighted by Crippen LogP contribution is -2.20. The van der Waals surface area contributed by atoms with Crippen molar-refractivity contribution in [2.45, 2.75) is 75.5 Å². The molecule has 2 aromatic rings. The maximum atomic E-state index is 2.48. The maximum absolute atomic E-state index is 2.48. The number of hydrogen-bond donors (Lipinski definition) is 0. The minimum Gasteiger partial charge on any atom is -0.0880 e. The van der Waals surface area contributed by atoms with E-state index < -0.39 is 0 Å². The van der Waals surface area contributed by atoms with Crippen molar-refractivity contribution in [3.05, 3.63) is 70.8 Å². The molecule has 0 amide bonds. The Kier molecular flexibility index (Phi) is 4.61. The molecule has 2 unspecified atom stereocenters. The van der Waals surface area contributed by atoms with Gasteiger partial charge in [-0.1, -0.05) is 106 Å². The molecule has 2 aromatic carbocycles. The van der Waals surface area contributed by atoms with Crippen LogP contribution in [0.4, 0.5) is 0 Å². The monoisotopic (exact) mass is 382 g/mol. The molecule has 0 nitrogen and oxygen atoms in total. The van der Waals surface area contributed by atoms with Crippen molar-refractivity contribution in [2.75, 3.05) is 0 Å². The van der Waals surface area contributed by atoms with Gasteiger partial charge in [0.05, 0.1) is 0 Å². The average molecular weight is 382 g/mol. The van der Waals surface area contributed by atoms with Gasteiger partial charge in [0.25, 0.3) is 0 Å². The fraction of sp³-hybridized carbons (Fsp3) is 0.500. The molecule has 2 heteroatoms. The summed E-state index contributed by atoms with van der Waals surface area (Å²) < 4.78 is 0. The highest BCUT2D eigenvalue weighted by Crippen LogP contribution is 2.80. The molecule has 0 saturated carbocycles. The molecule has 0 spiro atoms. The van der Waals surface area contributed by atoms with Crippen molar-refractivity contribution in [2.24, 2.45) is 0 Å². The molecule has 2 heterocycles. The first-order valence-electron chi connectivity index (χ1n) is 9.87. The molecule has 4 rings (SSSR count). The van der Waals surface area contributed by atoms with Crippen molar-refractivity contribution in [3.8, 4) is 0 Å². The van der Waals surface area contributed by atoms with Crippen molar-refractivity contribution in [3.63, 3.8) is 0 Å². The molecule has 2 aliphatic heterocycles. The van der Waals surface area contributed by atoms with Crippen LogP contribution >= 0.6 is 15.8 Å². The summed E-state index contributed by atoms with van der Waals surface area (Å²) in [7, 11) is -0.139. The van der Waals surface area contributed by atoms with Crippen molar-refractivity contribution in [1.29, 1.82) is 0 Å². The molecular formula is C24H32P2. The Morgan fingerprint density at radius 3 is 1.31 bits per heavy atom. The van der Waals surface area contributed by atoms with Crippen LogP contribution in [0, 0.1) is 0 Å². The van der Waals surface area contributed by atoms with Gasteiger partial charge in [0.1, 0.15) is 0 Å². The highest BCUT2D eigenvalue weighted by atomic mass is 31.1. The van der Waals surface area contributed by atoms with Gasteiger partial charge in [-0.25, -0.2) is 0 Å². The average Bonchev–Trinajstić information content (AvgIpc) is 3.12. The van der Waals surface area contributed by atoms with E-state index in [9.17, 15) is 0 Å². The minimum absolute atomic E-state index is 0.0695. The molecule has 0 N–H and O–H groups in total. The SMILES string of the molecule is CC(C)(C)P1Cc2ccccc2[C@@H]1[C@H]1c2ccccc2CP1C(C)(C)C. The molecule has 0 aliphatic carbocycles. The summed E-state index contributed by atoms with van der Waals surface area (Å²) in [6.07, 6.45) is 2.62. The first kappa shape index (κ1) is 18.7. The third kappa shape index (κ3) is 3.08. The normalized spacial score (nSPS) is 28.1. The number of benzene rings is 2. The van der Waals surface area contributed by atoms with E-state index in [1.165, 1.54) is 12.3 Å². The topological polar surface area (TPSA) is 0 Å². The zero-order valence-corrected chi connectivity index (χ0v) is 18.9. The quantitative estimate of drug-likeness (QED) is 0.438. The van der Waals surface area contributed by atoms with E-state index in [0.29, 0.717) is 10.3 Å². The predicted molar refractivity (Wildman–Crippen MR) is 119 cm³/mol. The largest absolute Gasteiger partial charge is 0.0880 e. The van der Waals surface area contributed by atoms with E-state index in [0.717, 1.165) is 11.3 Å². The lowest BCUT2D eigenvalue weighted by Gasteiger charge is -2.42. The molecule has 2 aliphatic rings. The van der Waals surface area contributed by atoms with E-state index in [2.05, 4.69) is 90.1 Å². The van der Waals surface area contributed by atoms with Gasteiger partial charge in [0, 0.05) is 11.3 Å². The molecular weight excluding hydrogens is 350 g/mol. The molecule has 26 heavy (non-hydrogen) atoms. The summed E-state index contributed by atoms with van der Waals surface area (Å²) in [6.45, 7) is 14.9. The Hall–Kier alpha value is -0.700. The van der Waals surface area contributed by atoms with Gasteiger partial charge in [0.15, 0.2) is 0 Å². The summed E-state index contributed by atoms with van der Waals surface area (Å²) in [4.78, 5) is 0. The maximum Gasteiger partial charge on any atom is 0.0161 e. The molecule has 0 radical (unpaired) electrons. The summed E-state index contributed by atoms with van der Waals surface area (Å²) in [5.74, 6) is 0. The minimum atomic E-state index is -0.0695. The van der Waals surface area contributed by atoms with Crippen LogP contribution in [-0.4, -0.2) is 10.3 Å². The van der Waals surface area contributed by atoms with Crippen LogP contribution in [-0.2, 0) is 12.3 Å². The number of hydrogen-bond acceptors (Lipinski definition) is 0. The van der Waals surface area contributed by atoms with Gasteiger partial charge < -0.3 is 0 Å². The third-order valence-electron chi connectivity index (χ3n) is 6.12. The molecule has 4 atom stereocenters. The zero-order chi connectivity index (χ0) is 18.7. The lowest BCUT2D eigenvalue weighted by atomic mass is 9.98. The zero-order valence-electron chi connectivity index (χ0n) is 17.1. The van der Waals surface area contributed by atoms with Gasteiger partial charge in [-0.2, -0.15) is 0 Å². The first-order valence-corrected chi connectivity index (χ1v) is 13.1. The standard InChI is InChI=1S/C24H32P2/c1-23(2,3)25-15-17-11-7-9-13-19(17)21(25)22-20-14-10-8-12-18(20)16-26(22)24(4,5)6/h7-14,21-22H,15-16H2,1-6H3/t21-,22-,25?,26?/m1/s1. The van der Waals surface area contributed by atoms with Crippen LogP contribution in [0.15, 0.2) is 48.5 Å². The number of rotatable bonds is 1. The second kappa shape index (κ2) is 6.43. The van der Waals surface area contributed by atoms with E-state index in [1.54, 1.807) is 22.3 Å². The van der Waals surface area contributed by atoms with Gasteiger partial charge in [-0.05, 0) is 44.9 Å². The Morgan fingerprint density at radius 1 is 0.615 bits per heavy atom. The highest BCUT2D eigenvalue weighted by Gasteiger charge is 2.50. The summed E-state index contributed by atoms with van der Waals surface area (Å²) in [5, 5.41) is 0.797. The van der Waals surface area contributed by atoms with Gasteiger partial charge in [0.2, 0.25) is 0 Å². The van der Waals surface area contributed by atoms with E-state index in [4.69, 9.17) is 0 Å². The second-order valence-electron chi connectivity index (χ2n) is 9.88. The van der Waals surface area contributed by atoms with Crippen LogP contribution in [0.1, 0.15) is 75.1 Å². The van der Waals surface area contributed by atoms with Gasteiger partial charge in [-0.3, -0.25) is 0 Å². The van der Waals surface area contributed by atoms with E-state index in [-0.39, 0.29) is 15.8 Å². The Labute approximate surface area is 162 Å². The summed E-state index contributed by atoms with van der Waals surface area (Å²) in [5.41, 5.74) is 8.07. The van der Waals surface area contributed by atoms with Crippen molar-refractivity contribution >= 4 is 15.8 Å². The van der Waals surface area contributed by atoms with Crippen LogP contribution in [0.3, 0.4) is 0 Å². The molecule has 138 valence electrons. The Bertz CT molecular complexity index is 740. The fourth-order valence-electron chi connectivity index (χ4n) is 4.82. The lowest BCUT2D eigenvalue weighted by molar-refractivity contribution is 0.736. The molecule has 0 bridgehead atoms. The van der Waals surface area contributed by atoms with Crippen molar-refractivity contribution < 1.29 is 0 Å². The Morgan fingerprint density at radius 2 is 0.962 bits per heavy atom. The fourth-order valence-corrected chi connectivity index (χ4v) is 12.3. The van der Waals surface area contributed by atoms with Crippen LogP contribution < -0.4 is 0 Å². The summed E-state index contributed by atoms with van der Waals surface area (Å²) in [6, 6.07) is 18.7. The predicted octanol–water partition coefficient (Wildman–Crippen LogP) is 8.06. The van der Waals surface area contributed by atoms with Crippen LogP contribution in [0.25, 0.3) is 0 Å². The molecule has 0 aromatic heterocycles. The first-order chi connectivity index (χ1) is 12.2. The third-order valence-corrected chi connectivity index (χ3v) is 13.7. The summed E-state index contributed by atoms with van der Waals surface area (Å²) >= 11 is 0. The smallest absolute Gasteiger partial charge is 0.0161 e. The van der Waals surface area contributed by atoms with Gasteiger partial charge in [-0.15, -0.1) is 0 Å². The second-order valence-corrected chi connectivity index (χ2v) is 16.2. The number of fused-ring (bicyclic) bond motifs is 2.